The molecule has 0 radical (unpaired) electrons. The molecule has 6 nitrogen and oxygen atoms in total. The Balaban J connectivity index is 2.01. The fourth-order valence-electron chi connectivity index (χ4n) is 2.51. The van der Waals surface area contributed by atoms with Crippen LogP contribution < -0.4 is 0 Å². The van der Waals surface area contributed by atoms with Crippen LogP contribution in [0.1, 0.15) is 33.6 Å². The second-order valence-corrected chi connectivity index (χ2v) is 6.45. The van der Waals surface area contributed by atoms with Crippen molar-refractivity contribution >= 4 is 11.9 Å². The predicted octanol–water partition coefficient (Wildman–Crippen LogP) is 1.50. The van der Waals surface area contributed by atoms with Crippen LogP contribution in [0.5, 0.6) is 0 Å². The van der Waals surface area contributed by atoms with E-state index in [-0.39, 0.29) is 18.6 Å². The number of hydrogen-bond acceptors (Lipinski definition) is 5. The zero-order chi connectivity index (χ0) is 15.0. The Labute approximate surface area is 118 Å². The average molecular weight is 280 g/mol. The summed E-state index contributed by atoms with van der Waals surface area (Å²) in [5, 5.41) is 9.30. The zero-order valence-corrected chi connectivity index (χ0v) is 12.1. The first-order valence-corrected chi connectivity index (χ1v) is 6.78. The summed E-state index contributed by atoms with van der Waals surface area (Å²) in [5.74, 6) is 0.0736. The van der Waals surface area contributed by atoms with Crippen LogP contribution in [-0.2, 0) is 14.3 Å². The maximum atomic E-state index is 12.0. The number of rotatable bonds is 1. The van der Waals surface area contributed by atoms with Crippen LogP contribution in [0.2, 0.25) is 0 Å². The van der Waals surface area contributed by atoms with E-state index in [2.05, 4.69) is 6.07 Å². The molecule has 1 amide bonds. The van der Waals surface area contributed by atoms with E-state index in [9.17, 15) is 14.9 Å². The van der Waals surface area contributed by atoms with Crippen molar-refractivity contribution in [3.05, 3.63) is 0 Å². The maximum absolute atomic E-state index is 12.0. The average Bonchev–Trinajstić information content (AvgIpc) is 2.33. The minimum absolute atomic E-state index is 0.0736. The lowest BCUT2D eigenvalue weighted by Crippen LogP contribution is -2.57. The maximum Gasteiger partial charge on any atom is 0.410 e. The summed E-state index contributed by atoms with van der Waals surface area (Å²) < 4.78 is 10.9. The summed E-state index contributed by atoms with van der Waals surface area (Å²) in [5.41, 5.74) is -1.32. The fourth-order valence-corrected chi connectivity index (χ4v) is 2.51. The van der Waals surface area contributed by atoms with E-state index in [0.717, 1.165) is 0 Å². The topological polar surface area (TPSA) is 79.6 Å². The highest BCUT2D eigenvalue weighted by atomic mass is 16.6. The first-order valence-electron chi connectivity index (χ1n) is 6.78. The van der Waals surface area contributed by atoms with Crippen LogP contribution in [0.15, 0.2) is 0 Å². The monoisotopic (exact) mass is 280 g/mol. The van der Waals surface area contributed by atoms with Crippen LogP contribution in [0.4, 0.5) is 4.79 Å². The molecule has 1 aliphatic heterocycles. The van der Waals surface area contributed by atoms with Gasteiger partial charge in [-0.2, -0.15) is 5.26 Å². The Bertz CT molecular complexity index is 453. The number of carbonyl (C=O) groups is 2. The van der Waals surface area contributed by atoms with Gasteiger partial charge in [0.15, 0.2) is 0 Å². The molecular formula is C14H20N2O4. The molecule has 6 heteroatoms. The van der Waals surface area contributed by atoms with Crippen molar-refractivity contribution in [1.29, 1.82) is 5.26 Å². The van der Waals surface area contributed by atoms with Gasteiger partial charge < -0.3 is 14.4 Å². The van der Waals surface area contributed by atoms with Gasteiger partial charge in [0.05, 0.1) is 30.7 Å². The van der Waals surface area contributed by atoms with Gasteiger partial charge in [-0.3, -0.25) is 4.79 Å². The van der Waals surface area contributed by atoms with Crippen LogP contribution in [0, 0.1) is 16.7 Å². The molecule has 0 aromatic rings. The Morgan fingerprint density at radius 1 is 1.50 bits per heavy atom. The summed E-state index contributed by atoms with van der Waals surface area (Å²) in [4.78, 5) is 24.8. The minimum Gasteiger partial charge on any atom is -0.444 e. The lowest BCUT2D eigenvalue weighted by Gasteiger charge is -2.44. The molecule has 1 unspecified atom stereocenters. The lowest BCUT2D eigenvalue weighted by molar-refractivity contribution is -0.144. The molecule has 0 spiro atoms. The molecule has 2 rings (SSSR count). The molecule has 0 aromatic carbocycles. The Morgan fingerprint density at radius 3 is 2.65 bits per heavy atom. The van der Waals surface area contributed by atoms with E-state index in [4.69, 9.17) is 9.47 Å². The third kappa shape index (κ3) is 2.93. The predicted molar refractivity (Wildman–Crippen MR) is 69.8 cm³/mol. The van der Waals surface area contributed by atoms with E-state index in [1.54, 1.807) is 4.90 Å². The van der Waals surface area contributed by atoms with Crippen LogP contribution in [0.3, 0.4) is 0 Å². The second kappa shape index (κ2) is 5.06. The molecule has 1 atom stereocenters. The summed E-state index contributed by atoms with van der Waals surface area (Å²) in [6.07, 6.45) is -0.372. The molecule has 0 bridgehead atoms. The SMILES string of the molecule is CC(C)(C)OC(=O)N1CCOC(C2(C#N)CC(=O)C2)C1. The van der Waals surface area contributed by atoms with Crippen molar-refractivity contribution in [2.75, 3.05) is 19.7 Å². The molecule has 1 saturated carbocycles. The number of Topliss-reactive ketones (excluding diaryl/α,β-unsaturated/α-hetero) is 1. The van der Waals surface area contributed by atoms with E-state index in [1.165, 1.54) is 0 Å². The Hall–Kier alpha value is -1.61. The smallest absolute Gasteiger partial charge is 0.410 e. The van der Waals surface area contributed by atoms with Crippen molar-refractivity contribution in [3.63, 3.8) is 0 Å². The number of nitrogens with zero attached hydrogens (tertiary/aromatic N) is 2. The number of carbonyl (C=O) groups excluding carboxylic acids is 2. The van der Waals surface area contributed by atoms with Crippen LogP contribution in [0.25, 0.3) is 0 Å². The fraction of sp³-hybridized carbons (Fsp3) is 0.786. The highest BCUT2D eigenvalue weighted by Crippen LogP contribution is 2.43. The minimum atomic E-state index is -0.766. The van der Waals surface area contributed by atoms with Gasteiger partial charge in [0, 0.05) is 19.4 Å². The molecule has 1 aliphatic carbocycles. The van der Waals surface area contributed by atoms with Crippen molar-refractivity contribution in [1.82, 2.24) is 4.90 Å². The van der Waals surface area contributed by atoms with E-state index < -0.39 is 23.2 Å². The van der Waals surface area contributed by atoms with Gasteiger partial charge >= 0.3 is 6.09 Å². The molecule has 0 N–H and O–H groups in total. The quantitative estimate of drug-likeness (QED) is 0.727. The summed E-state index contributed by atoms with van der Waals surface area (Å²) in [7, 11) is 0. The van der Waals surface area contributed by atoms with Gasteiger partial charge in [-0.15, -0.1) is 0 Å². The molecule has 20 heavy (non-hydrogen) atoms. The molecule has 2 aliphatic rings. The Morgan fingerprint density at radius 2 is 2.15 bits per heavy atom. The van der Waals surface area contributed by atoms with Gasteiger partial charge in [0.25, 0.3) is 0 Å². The standard InChI is InChI=1S/C14H20N2O4/c1-13(2,3)20-12(18)16-4-5-19-11(8-16)14(9-15)6-10(17)7-14/h11H,4-8H2,1-3H3. The number of morpholine rings is 1. The number of ether oxygens (including phenoxy) is 2. The number of amides is 1. The molecule has 2 fully saturated rings. The normalized spacial score (nSPS) is 25.6. The third-order valence-corrected chi connectivity index (χ3v) is 3.58. The number of ketones is 1. The molecule has 110 valence electrons. The highest BCUT2D eigenvalue weighted by molar-refractivity contribution is 5.87. The van der Waals surface area contributed by atoms with E-state index in [0.29, 0.717) is 19.7 Å². The molecule has 0 aromatic heterocycles. The lowest BCUT2D eigenvalue weighted by atomic mass is 9.65. The summed E-state index contributed by atoms with van der Waals surface area (Å²) in [6, 6.07) is 2.20. The molecular weight excluding hydrogens is 260 g/mol. The van der Waals surface area contributed by atoms with Crippen molar-refractivity contribution in [2.24, 2.45) is 5.41 Å². The Kier molecular flexibility index (Phi) is 3.74. The van der Waals surface area contributed by atoms with Crippen molar-refractivity contribution < 1.29 is 19.1 Å². The summed E-state index contributed by atoms with van der Waals surface area (Å²) >= 11 is 0. The second-order valence-electron chi connectivity index (χ2n) is 6.45. The largest absolute Gasteiger partial charge is 0.444 e. The van der Waals surface area contributed by atoms with Gasteiger partial charge in [0.2, 0.25) is 0 Å². The van der Waals surface area contributed by atoms with E-state index >= 15 is 0 Å². The van der Waals surface area contributed by atoms with Crippen LogP contribution >= 0.6 is 0 Å². The van der Waals surface area contributed by atoms with Crippen molar-refractivity contribution in [2.45, 2.75) is 45.3 Å². The first kappa shape index (κ1) is 14.8. The van der Waals surface area contributed by atoms with Gasteiger partial charge in [-0.1, -0.05) is 0 Å². The summed E-state index contributed by atoms with van der Waals surface area (Å²) in [6.45, 7) is 6.54. The van der Waals surface area contributed by atoms with Crippen molar-refractivity contribution in [3.8, 4) is 6.07 Å². The van der Waals surface area contributed by atoms with Gasteiger partial charge in [-0.25, -0.2) is 4.79 Å². The third-order valence-electron chi connectivity index (χ3n) is 3.58. The van der Waals surface area contributed by atoms with E-state index in [1.807, 2.05) is 20.8 Å². The number of hydrogen-bond donors (Lipinski definition) is 0. The molecule has 1 heterocycles. The van der Waals surface area contributed by atoms with Crippen LogP contribution in [-0.4, -0.2) is 48.2 Å². The first-order chi connectivity index (χ1) is 9.26. The van der Waals surface area contributed by atoms with Gasteiger partial charge in [0.1, 0.15) is 11.4 Å². The number of nitriles is 1. The van der Waals surface area contributed by atoms with Gasteiger partial charge in [-0.05, 0) is 20.8 Å². The zero-order valence-electron chi connectivity index (χ0n) is 12.1. The molecule has 1 saturated heterocycles. The highest BCUT2D eigenvalue weighted by Gasteiger charge is 2.52.